The lowest BCUT2D eigenvalue weighted by Gasteiger charge is -2.37. The SMILES string of the molecule is Cc1nsc(N2C[C@H]3CC[C@@H](C2)C3Nc2nc3c(OCC(F)(F)F)cccn3n2)n1. The van der Waals surface area contributed by atoms with Crippen molar-refractivity contribution in [2.24, 2.45) is 11.8 Å². The summed E-state index contributed by atoms with van der Waals surface area (Å²) in [6.07, 6.45) is -0.566. The summed E-state index contributed by atoms with van der Waals surface area (Å²) in [5.41, 5.74) is 0.262. The number of anilines is 2. The average molecular weight is 439 g/mol. The standard InChI is InChI=1S/C18H20F3N7OS/c1-10-22-17(30-26-10)27-7-11-4-5-12(8-27)14(11)23-16-24-15-13(29-9-18(19,20)21)3-2-6-28(15)25-16/h2-3,6,11-12,14H,4-5,7-9H2,1H3,(H,23,25)/t11-,12+,14?. The van der Waals surface area contributed by atoms with E-state index in [1.807, 2.05) is 6.92 Å². The van der Waals surface area contributed by atoms with Gasteiger partial charge in [-0.3, -0.25) is 0 Å². The van der Waals surface area contributed by atoms with Gasteiger partial charge in [0.25, 0.3) is 0 Å². The van der Waals surface area contributed by atoms with Crippen LogP contribution in [-0.4, -0.2) is 55.9 Å². The van der Waals surface area contributed by atoms with Gasteiger partial charge in [-0.15, -0.1) is 5.10 Å². The summed E-state index contributed by atoms with van der Waals surface area (Å²) in [6, 6.07) is 3.27. The average Bonchev–Trinajstić information content (AvgIpc) is 3.36. The van der Waals surface area contributed by atoms with Crippen molar-refractivity contribution in [1.82, 2.24) is 24.0 Å². The molecule has 2 fully saturated rings. The number of alkyl halides is 3. The Bertz CT molecular complexity index is 1040. The molecule has 1 saturated carbocycles. The Labute approximate surface area is 174 Å². The maximum atomic E-state index is 12.5. The minimum Gasteiger partial charge on any atom is -0.480 e. The Morgan fingerprint density at radius 2 is 2.00 bits per heavy atom. The number of aryl methyl sites for hydroxylation is 1. The molecule has 12 heteroatoms. The van der Waals surface area contributed by atoms with Crippen LogP contribution < -0.4 is 15.0 Å². The molecule has 4 heterocycles. The van der Waals surface area contributed by atoms with E-state index in [-0.39, 0.29) is 17.4 Å². The molecule has 2 aliphatic rings. The Balaban J connectivity index is 1.31. The third-order valence-electron chi connectivity index (χ3n) is 5.63. The van der Waals surface area contributed by atoms with Gasteiger partial charge in [0.1, 0.15) is 5.82 Å². The number of hydrogen-bond donors (Lipinski definition) is 1. The molecule has 2 bridgehead atoms. The number of aromatic nitrogens is 5. The van der Waals surface area contributed by atoms with Gasteiger partial charge < -0.3 is 15.0 Å². The highest BCUT2D eigenvalue weighted by Crippen LogP contribution is 2.40. The van der Waals surface area contributed by atoms with E-state index in [4.69, 9.17) is 4.74 Å². The highest BCUT2D eigenvalue weighted by atomic mass is 32.1. The van der Waals surface area contributed by atoms with Crippen molar-refractivity contribution in [2.45, 2.75) is 32.0 Å². The first-order chi connectivity index (χ1) is 14.4. The maximum absolute atomic E-state index is 12.5. The van der Waals surface area contributed by atoms with Crippen molar-refractivity contribution in [3.63, 3.8) is 0 Å². The first-order valence-electron chi connectivity index (χ1n) is 9.72. The summed E-state index contributed by atoms with van der Waals surface area (Å²) in [5.74, 6) is 2.08. The first kappa shape index (κ1) is 19.3. The van der Waals surface area contributed by atoms with Crippen LogP contribution in [0.25, 0.3) is 5.65 Å². The minimum absolute atomic E-state index is 0.0554. The molecule has 1 aliphatic carbocycles. The van der Waals surface area contributed by atoms with Crippen LogP contribution >= 0.6 is 11.5 Å². The van der Waals surface area contributed by atoms with Gasteiger partial charge >= 0.3 is 6.18 Å². The third kappa shape index (κ3) is 3.75. The summed E-state index contributed by atoms with van der Waals surface area (Å²) in [6.45, 7) is 2.30. The van der Waals surface area contributed by atoms with Crippen LogP contribution in [0.5, 0.6) is 5.75 Å². The van der Waals surface area contributed by atoms with Crippen LogP contribution in [0, 0.1) is 18.8 Å². The molecule has 3 aromatic heterocycles. The highest BCUT2D eigenvalue weighted by molar-refractivity contribution is 7.09. The van der Waals surface area contributed by atoms with Gasteiger partial charge in [0.05, 0.1) is 0 Å². The molecule has 0 aromatic carbocycles. The van der Waals surface area contributed by atoms with Crippen molar-refractivity contribution in [3.8, 4) is 5.75 Å². The van der Waals surface area contributed by atoms with Gasteiger partial charge in [0.2, 0.25) is 11.1 Å². The van der Waals surface area contributed by atoms with Crippen molar-refractivity contribution < 1.29 is 17.9 Å². The topological polar surface area (TPSA) is 80.5 Å². The van der Waals surface area contributed by atoms with Gasteiger partial charge in [0, 0.05) is 36.9 Å². The van der Waals surface area contributed by atoms with Crippen molar-refractivity contribution in [3.05, 3.63) is 24.2 Å². The van der Waals surface area contributed by atoms with Crippen molar-refractivity contribution >= 4 is 28.3 Å². The van der Waals surface area contributed by atoms with Crippen molar-refractivity contribution in [1.29, 1.82) is 0 Å². The lowest BCUT2D eigenvalue weighted by atomic mass is 9.92. The summed E-state index contributed by atoms with van der Waals surface area (Å²) in [5, 5.41) is 8.78. The molecule has 30 heavy (non-hydrogen) atoms. The van der Waals surface area contributed by atoms with Crippen molar-refractivity contribution in [2.75, 3.05) is 29.9 Å². The number of piperidine rings is 1. The fourth-order valence-electron chi connectivity index (χ4n) is 4.39. The predicted octanol–water partition coefficient (Wildman–Crippen LogP) is 3.16. The fourth-order valence-corrected chi connectivity index (χ4v) is 5.09. The Hall–Kier alpha value is -2.63. The lowest BCUT2D eigenvalue weighted by molar-refractivity contribution is -0.153. The molecule has 5 rings (SSSR count). The van der Waals surface area contributed by atoms with E-state index >= 15 is 0 Å². The van der Waals surface area contributed by atoms with E-state index in [0.29, 0.717) is 17.8 Å². The highest BCUT2D eigenvalue weighted by Gasteiger charge is 2.43. The molecular weight excluding hydrogens is 419 g/mol. The molecule has 1 N–H and O–H groups in total. The van der Waals surface area contributed by atoms with Crippen LogP contribution in [0.15, 0.2) is 18.3 Å². The molecule has 1 aliphatic heterocycles. The Morgan fingerprint density at radius 3 is 2.67 bits per heavy atom. The quantitative estimate of drug-likeness (QED) is 0.654. The maximum Gasteiger partial charge on any atom is 0.422 e. The van der Waals surface area contributed by atoms with Crippen LogP contribution in [0.2, 0.25) is 0 Å². The van der Waals surface area contributed by atoms with E-state index in [9.17, 15) is 13.2 Å². The monoisotopic (exact) mass is 439 g/mol. The molecule has 3 atom stereocenters. The number of rotatable bonds is 5. The van der Waals surface area contributed by atoms with Crippen LogP contribution in [-0.2, 0) is 0 Å². The number of hydrogen-bond acceptors (Lipinski definition) is 8. The number of nitrogens with one attached hydrogen (secondary N) is 1. The molecule has 0 spiro atoms. The van der Waals surface area contributed by atoms with Gasteiger partial charge in [-0.2, -0.15) is 22.5 Å². The number of nitrogens with zero attached hydrogens (tertiary/aromatic N) is 6. The summed E-state index contributed by atoms with van der Waals surface area (Å²) in [7, 11) is 0. The molecule has 160 valence electrons. The molecule has 0 amide bonds. The van der Waals surface area contributed by atoms with Gasteiger partial charge in [0.15, 0.2) is 18.0 Å². The van der Waals surface area contributed by atoms with Crippen LogP contribution in [0.3, 0.4) is 0 Å². The largest absolute Gasteiger partial charge is 0.480 e. The molecule has 1 unspecified atom stereocenters. The minimum atomic E-state index is -4.41. The zero-order valence-corrected chi connectivity index (χ0v) is 16.9. The van der Waals surface area contributed by atoms with E-state index in [1.54, 1.807) is 12.3 Å². The smallest absolute Gasteiger partial charge is 0.422 e. The van der Waals surface area contributed by atoms with Gasteiger partial charge in [-0.05, 0) is 43.7 Å². The first-order valence-corrected chi connectivity index (χ1v) is 10.5. The van der Waals surface area contributed by atoms with E-state index < -0.39 is 12.8 Å². The second-order valence-electron chi connectivity index (χ2n) is 7.78. The number of fused-ring (bicyclic) bond motifs is 3. The second kappa shape index (κ2) is 7.25. The molecule has 3 aromatic rings. The number of ether oxygens (including phenoxy) is 1. The van der Waals surface area contributed by atoms with E-state index in [2.05, 4.69) is 29.7 Å². The summed E-state index contributed by atoms with van der Waals surface area (Å²) in [4.78, 5) is 11.2. The van der Waals surface area contributed by atoms with E-state index in [1.165, 1.54) is 22.1 Å². The number of halogens is 3. The van der Waals surface area contributed by atoms with Crippen LogP contribution in [0.1, 0.15) is 18.7 Å². The zero-order chi connectivity index (χ0) is 20.9. The fraction of sp³-hybridized carbons (Fsp3) is 0.556. The van der Waals surface area contributed by atoms with Gasteiger partial charge in [-0.25, -0.2) is 9.50 Å². The normalized spacial score (nSPS) is 23.9. The van der Waals surface area contributed by atoms with Crippen LogP contribution in [0.4, 0.5) is 24.3 Å². The number of pyridine rings is 1. The summed E-state index contributed by atoms with van der Waals surface area (Å²) >= 11 is 1.43. The Kier molecular flexibility index (Phi) is 4.68. The molecular formula is C18H20F3N7OS. The zero-order valence-electron chi connectivity index (χ0n) is 16.1. The molecule has 8 nitrogen and oxygen atoms in total. The second-order valence-corrected chi connectivity index (χ2v) is 8.51. The predicted molar refractivity (Wildman–Crippen MR) is 105 cm³/mol. The lowest BCUT2D eigenvalue weighted by Crippen LogP contribution is -2.48. The summed E-state index contributed by atoms with van der Waals surface area (Å²) < 4.78 is 48.2. The molecule has 0 radical (unpaired) electrons. The molecule has 1 saturated heterocycles. The third-order valence-corrected chi connectivity index (χ3v) is 6.50. The van der Waals surface area contributed by atoms with Gasteiger partial charge in [-0.1, -0.05) is 0 Å². The Morgan fingerprint density at radius 1 is 1.23 bits per heavy atom. The van der Waals surface area contributed by atoms with E-state index in [0.717, 1.165) is 36.9 Å².